The summed E-state index contributed by atoms with van der Waals surface area (Å²) in [5.41, 5.74) is 1.56. The predicted octanol–water partition coefficient (Wildman–Crippen LogP) is 2.59. The number of piperidine rings is 1. The van der Waals surface area contributed by atoms with E-state index in [0.29, 0.717) is 43.9 Å². The van der Waals surface area contributed by atoms with E-state index in [1.807, 2.05) is 0 Å². The first kappa shape index (κ1) is 26.1. The first-order valence-electron chi connectivity index (χ1n) is 9.28. The number of benzene rings is 1. The van der Waals surface area contributed by atoms with E-state index in [4.69, 9.17) is 0 Å². The van der Waals surface area contributed by atoms with E-state index >= 15 is 0 Å². The van der Waals surface area contributed by atoms with Gasteiger partial charge in [-0.2, -0.15) is 13.2 Å². The molecule has 2 amide bonds. The van der Waals surface area contributed by atoms with Crippen LogP contribution in [-0.4, -0.2) is 55.6 Å². The zero-order valence-electron chi connectivity index (χ0n) is 16.6. The van der Waals surface area contributed by atoms with E-state index in [2.05, 4.69) is 20.4 Å². The van der Waals surface area contributed by atoms with Crippen LogP contribution in [0.25, 0.3) is 0 Å². The Bertz CT molecular complexity index is 711. The van der Waals surface area contributed by atoms with Crippen molar-refractivity contribution in [1.82, 2.24) is 15.5 Å². The lowest BCUT2D eigenvalue weighted by Gasteiger charge is -2.25. The fourth-order valence-corrected chi connectivity index (χ4v) is 2.78. The fourth-order valence-electron chi connectivity index (χ4n) is 2.78. The number of halogens is 4. The molecule has 0 bridgehead atoms. The molecular weight excluding hydrogens is 516 g/mol. The highest BCUT2D eigenvalue weighted by Crippen LogP contribution is 2.16. The first-order chi connectivity index (χ1) is 13.8. The second-order valence-corrected chi connectivity index (χ2v) is 6.57. The van der Waals surface area contributed by atoms with Gasteiger partial charge in [0, 0.05) is 39.5 Å². The van der Waals surface area contributed by atoms with Gasteiger partial charge in [0.2, 0.25) is 11.8 Å². The molecule has 2 N–H and O–H groups in total. The molecule has 0 radical (unpaired) electrons. The maximum atomic E-state index is 12.1. The van der Waals surface area contributed by atoms with E-state index in [-0.39, 0.29) is 48.9 Å². The number of hydrogen-bond acceptors (Lipinski definition) is 4. The molecule has 2 rings (SSSR count). The van der Waals surface area contributed by atoms with Crippen molar-refractivity contribution in [2.45, 2.75) is 38.6 Å². The third kappa shape index (κ3) is 9.28. The van der Waals surface area contributed by atoms with Gasteiger partial charge in [0.15, 0.2) is 5.96 Å². The van der Waals surface area contributed by atoms with E-state index in [1.165, 1.54) is 4.90 Å². The number of nitrogens with one attached hydrogen (secondary N) is 2. The third-order valence-corrected chi connectivity index (χ3v) is 4.25. The van der Waals surface area contributed by atoms with Crippen LogP contribution in [0.4, 0.5) is 13.2 Å². The molecule has 1 aromatic rings. The lowest BCUT2D eigenvalue weighted by atomic mass is 10.1. The number of imide groups is 1. The summed E-state index contributed by atoms with van der Waals surface area (Å²) in [6, 6.07) is 6.99. The van der Waals surface area contributed by atoms with Gasteiger partial charge in [0.1, 0.15) is 6.61 Å². The minimum atomic E-state index is -4.33. The molecule has 0 saturated carbocycles. The standard InChI is InChI=1S/C19H25F3N4O3.HI/c1-23-18(24-9-10-26-16(27)3-2-4-17(26)28)25-11-14-5-7-15(8-6-14)12-29-13-19(20,21)22;/h5-8H,2-4,9-13H2,1H3,(H2,23,24,25);1H. The van der Waals surface area contributed by atoms with Crippen molar-refractivity contribution >= 4 is 41.8 Å². The Labute approximate surface area is 190 Å². The Hall–Kier alpha value is -1.89. The first-order valence-corrected chi connectivity index (χ1v) is 9.28. The van der Waals surface area contributed by atoms with Gasteiger partial charge in [0.25, 0.3) is 0 Å². The zero-order chi connectivity index (χ0) is 21.3. The molecule has 0 spiro atoms. The van der Waals surface area contributed by atoms with Gasteiger partial charge in [-0.1, -0.05) is 24.3 Å². The number of carbonyl (C=O) groups excluding carboxylic acids is 2. The molecule has 1 heterocycles. The van der Waals surface area contributed by atoms with Gasteiger partial charge in [-0.05, 0) is 17.5 Å². The summed E-state index contributed by atoms with van der Waals surface area (Å²) < 4.78 is 40.9. The summed E-state index contributed by atoms with van der Waals surface area (Å²) in [6.07, 6.45) is -2.93. The SMILES string of the molecule is CN=C(NCCN1C(=O)CCCC1=O)NCc1ccc(COCC(F)(F)F)cc1.I. The lowest BCUT2D eigenvalue weighted by molar-refractivity contribution is -0.176. The molecule has 7 nitrogen and oxygen atoms in total. The highest BCUT2D eigenvalue weighted by molar-refractivity contribution is 14.0. The molecule has 1 fully saturated rings. The van der Waals surface area contributed by atoms with Crippen LogP contribution in [-0.2, 0) is 27.5 Å². The Morgan fingerprint density at radius 2 is 1.70 bits per heavy atom. The van der Waals surface area contributed by atoms with Gasteiger partial charge >= 0.3 is 6.18 Å². The van der Waals surface area contributed by atoms with Crippen LogP contribution in [0.2, 0.25) is 0 Å². The Kier molecular flexibility index (Phi) is 11.1. The van der Waals surface area contributed by atoms with Crippen LogP contribution >= 0.6 is 24.0 Å². The molecule has 11 heteroatoms. The number of amides is 2. The second-order valence-electron chi connectivity index (χ2n) is 6.57. The average molecular weight is 542 g/mol. The molecule has 168 valence electrons. The molecule has 0 atom stereocenters. The normalized spacial score (nSPS) is 15.1. The summed E-state index contributed by atoms with van der Waals surface area (Å²) in [7, 11) is 1.60. The number of likely N-dealkylation sites (tertiary alicyclic amines) is 1. The molecule has 0 unspecified atom stereocenters. The van der Waals surface area contributed by atoms with Gasteiger partial charge in [0.05, 0.1) is 6.61 Å². The minimum Gasteiger partial charge on any atom is -0.367 e. The number of alkyl halides is 3. The average Bonchev–Trinajstić information content (AvgIpc) is 2.66. The van der Waals surface area contributed by atoms with Crippen molar-refractivity contribution in [3.05, 3.63) is 35.4 Å². The smallest absolute Gasteiger partial charge is 0.367 e. The van der Waals surface area contributed by atoms with Crippen LogP contribution in [0.3, 0.4) is 0 Å². The Balaban J connectivity index is 0.00000450. The molecule has 1 aliphatic heterocycles. The van der Waals surface area contributed by atoms with Crippen molar-refractivity contribution in [3.8, 4) is 0 Å². The monoisotopic (exact) mass is 542 g/mol. The number of carbonyl (C=O) groups is 2. The number of guanidine groups is 1. The molecule has 1 saturated heterocycles. The molecule has 0 aromatic heterocycles. The Morgan fingerprint density at radius 3 is 2.27 bits per heavy atom. The van der Waals surface area contributed by atoms with Crippen molar-refractivity contribution in [2.75, 3.05) is 26.7 Å². The topological polar surface area (TPSA) is 83.0 Å². The number of ether oxygens (including phenoxy) is 1. The van der Waals surface area contributed by atoms with E-state index in [0.717, 1.165) is 5.56 Å². The van der Waals surface area contributed by atoms with E-state index in [9.17, 15) is 22.8 Å². The quantitative estimate of drug-likeness (QED) is 0.229. The van der Waals surface area contributed by atoms with Crippen LogP contribution < -0.4 is 10.6 Å². The van der Waals surface area contributed by atoms with Crippen molar-refractivity contribution in [2.24, 2.45) is 4.99 Å². The molecule has 1 aliphatic rings. The van der Waals surface area contributed by atoms with Gasteiger partial charge in [-0.3, -0.25) is 19.5 Å². The maximum Gasteiger partial charge on any atom is 0.411 e. The van der Waals surface area contributed by atoms with Crippen molar-refractivity contribution in [1.29, 1.82) is 0 Å². The van der Waals surface area contributed by atoms with Crippen LogP contribution in [0.15, 0.2) is 29.3 Å². The number of aliphatic imine (C=N–C) groups is 1. The van der Waals surface area contributed by atoms with Crippen LogP contribution in [0, 0.1) is 0 Å². The second kappa shape index (κ2) is 12.7. The van der Waals surface area contributed by atoms with Crippen molar-refractivity contribution < 1.29 is 27.5 Å². The summed E-state index contributed by atoms with van der Waals surface area (Å²) in [4.78, 5) is 28.9. The summed E-state index contributed by atoms with van der Waals surface area (Å²) >= 11 is 0. The highest BCUT2D eigenvalue weighted by Gasteiger charge is 2.27. The predicted molar refractivity (Wildman–Crippen MR) is 116 cm³/mol. The summed E-state index contributed by atoms with van der Waals surface area (Å²) in [5, 5.41) is 6.15. The van der Waals surface area contributed by atoms with Gasteiger partial charge in [-0.25, -0.2) is 0 Å². The minimum absolute atomic E-state index is 0. The van der Waals surface area contributed by atoms with E-state index in [1.54, 1.807) is 31.3 Å². The van der Waals surface area contributed by atoms with Crippen LogP contribution in [0.5, 0.6) is 0 Å². The number of hydrogen-bond donors (Lipinski definition) is 2. The number of nitrogens with zero attached hydrogens (tertiary/aromatic N) is 2. The van der Waals surface area contributed by atoms with Gasteiger partial charge in [-0.15, -0.1) is 24.0 Å². The summed E-state index contributed by atoms with van der Waals surface area (Å²) in [6.45, 7) is -0.264. The fraction of sp³-hybridized carbons (Fsp3) is 0.526. The highest BCUT2D eigenvalue weighted by atomic mass is 127. The zero-order valence-corrected chi connectivity index (χ0v) is 19.0. The van der Waals surface area contributed by atoms with Crippen molar-refractivity contribution in [3.63, 3.8) is 0 Å². The van der Waals surface area contributed by atoms with Crippen LogP contribution in [0.1, 0.15) is 30.4 Å². The van der Waals surface area contributed by atoms with Gasteiger partial charge < -0.3 is 15.4 Å². The molecule has 0 aliphatic carbocycles. The molecule has 30 heavy (non-hydrogen) atoms. The molecule has 1 aromatic carbocycles. The summed E-state index contributed by atoms with van der Waals surface area (Å²) in [5.74, 6) is 0.218. The largest absolute Gasteiger partial charge is 0.411 e. The lowest BCUT2D eigenvalue weighted by Crippen LogP contribution is -2.46. The third-order valence-electron chi connectivity index (χ3n) is 4.25. The Morgan fingerprint density at radius 1 is 1.10 bits per heavy atom. The van der Waals surface area contributed by atoms with E-state index < -0.39 is 12.8 Å². The number of rotatable bonds is 8. The maximum absolute atomic E-state index is 12.1. The molecular formula is C19H26F3IN4O3.